The summed E-state index contributed by atoms with van der Waals surface area (Å²) in [5.41, 5.74) is 0. The monoisotopic (exact) mass is 214 g/mol. The number of benzene rings is 2. The molecule has 0 fully saturated rings. The van der Waals surface area contributed by atoms with Crippen molar-refractivity contribution in [2.24, 2.45) is 0 Å². The van der Waals surface area contributed by atoms with Crippen LogP contribution in [0.25, 0.3) is 10.8 Å². The highest BCUT2D eigenvalue weighted by molar-refractivity contribution is 5.90. The van der Waals surface area contributed by atoms with Crippen molar-refractivity contribution in [3.05, 3.63) is 36.4 Å². The zero-order valence-corrected chi connectivity index (χ0v) is 9.01. The van der Waals surface area contributed by atoms with Crippen LogP contribution in [0.4, 0.5) is 0 Å². The second kappa shape index (κ2) is 3.68. The van der Waals surface area contributed by atoms with E-state index in [2.05, 4.69) is 11.4 Å². The zero-order chi connectivity index (χ0) is 11.0. The first-order chi connectivity index (χ1) is 7.88. The molecule has 2 aromatic carbocycles. The van der Waals surface area contributed by atoms with E-state index in [0.29, 0.717) is 6.61 Å². The summed E-state index contributed by atoms with van der Waals surface area (Å²) in [6.07, 6.45) is -0.186. The lowest BCUT2D eigenvalue weighted by Crippen LogP contribution is -2.35. The van der Waals surface area contributed by atoms with E-state index in [0.717, 1.165) is 22.3 Å². The van der Waals surface area contributed by atoms with Crippen molar-refractivity contribution in [1.29, 1.82) is 0 Å². The van der Waals surface area contributed by atoms with E-state index in [9.17, 15) is 0 Å². The second-order valence-corrected chi connectivity index (χ2v) is 3.76. The third kappa shape index (κ3) is 1.41. The van der Waals surface area contributed by atoms with Gasteiger partial charge in [-0.3, -0.25) is 0 Å². The molecule has 16 heavy (non-hydrogen) atoms. The molecular weight excluding hydrogens is 202 g/mol. The molecule has 3 rings (SSSR count). The van der Waals surface area contributed by atoms with E-state index in [1.165, 1.54) is 0 Å². The Labute approximate surface area is 94.0 Å². The van der Waals surface area contributed by atoms with Crippen LogP contribution in [0, 0.1) is 0 Å². The lowest BCUT2D eigenvalue weighted by atomic mass is 10.1. The molecule has 0 aliphatic carbocycles. The number of hydrogen-bond acceptors (Lipinski definition) is 2. The average Bonchev–Trinajstić information content (AvgIpc) is 2.38. The Morgan fingerprint density at radius 3 is 2.94 bits per heavy atom. The number of likely N-dealkylation sites (N-methyl/N-ethyl adjacent to an activating group) is 1. The van der Waals surface area contributed by atoms with Crippen LogP contribution >= 0.6 is 0 Å². The van der Waals surface area contributed by atoms with Gasteiger partial charge in [0, 0.05) is 12.4 Å². The Bertz CT molecular complexity index is 524. The maximum absolute atomic E-state index is 5.72. The lowest BCUT2D eigenvalue weighted by molar-refractivity contribution is 0.0715. The summed E-state index contributed by atoms with van der Waals surface area (Å²) >= 11 is 0. The van der Waals surface area contributed by atoms with Crippen LogP contribution in [0.5, 0.6) is 11.5 Å². The Morgan fingerprint density at radius 2 is 2.06 bits per heavy atom. The van der Waals surface area contributed by atoms with Crippen molar-refractivity contribution in [2.45, 2.75) is 6.23 Å². The molecule has 0 bridgehead atoms. The minimum atomic E-state index is -0.186. The largest absolute Gasteiger partial charge is 0.484 e. The molecule has 0 amide bonds. The fourth-order valence-corrected chi connectivity index (χ4v) is 1.93. The Balaban J connectivity index is 2.14. The van der Waals surface area contributed by atoms with Gasteiger partial charge in [-0.1, -0.05) is 30.3 Å². The summed E-state index contributed by atoms with van der Waals surface area (Å²) in [6, 6.07) is 12.1. The summed E-state index contributed by atoms with van der Waals surface area (Å²) in [5, 5.41) is 6.34. The van der Waals surface area contributed by atoms with Crippen LogP contribution in [0.3, 0.4) is 0 Å². The Morgan fingerprint density at radius 1 is 1.19 bits per heavy atom. The number of hydrogen-bond donors (Lipinski definition) is 0. The van der Waals surface area contributed by atoms with Gasteiger partial charge in [0.1, 0.15) is 6.61 Å². The van der Waals surface area contributed by atoms with E-state index in [-0.39, 0.29) is 6.23 Å². The van der Waals surface area contributed by atoms with Crippen molar-refractivity contribution >= 4 is 10.8 Å². The molecule has 0 aromatic heterocycles. The van der Waals surface area contributed by atoms with E-state index in [1.54, 1.807) is 7.05 Å². The molecule has 1 radical (unpaired) electrons. The zero-order valence-electron chi connectivity index (χ0n) is 9.01. The van der Waals surface area contributed by atoms with Crippen LogP contribution in [0.15, 0.2) is 36.4 Å². The summed E-state index contributed by atoms with van der Waals surface area (Å²) in [4.78, 5) is 0. The summed E-state index contributed by atoms with van der Waals surface area (Å²) in [6.45, 7) is 0.484. The number of rotatable bonds is 1. The lowest BCUT2D eigenvalue weighted by Gasteiger charge is -2.26. The molecule has 0 spiro atoms. The van der Waals surface area contributed by atoms with Gasteiger partial charge in [-0.2, -0.15) is 0 Å². The Kier molecular flexibility index (Phi) is 2.18. The standard InChI is InChI=1S/C13H12NO2/c1-14-12-8-15-13-10-5-3-2-4-9(10)6-7-11(13)16-12/h2-7,12H,8H2,1H3. The second-order valence-electron chi connectivity index (χ2n) is 3.76. The topological polar surface area (TPSA) is 32.6 Å². The molecule has 1 aliphatic heterocycles. The quantitative estimate of drug-likeness (QED) is 0.728. The molecule has 81 valence electrons. The first kappa shape index (κ1) is 9.48. The van der Waals surface area contributed by atoms with E-state index >= 15 is 0 Å². The summed E-state index contributed by atoms with van der Waals surface area (Å²) in [7, 11) is 1.74. The normalized spacial score (nSPS) is 18.7. The number of fused-ring (bicyclic) bond motifs is 3. The van der Waals surface area contributed by atoms with Gasteiger partial charge in [-0.05, 0) is 11.5 Å². The highest BCUT2D eigenvalue weighted by atomic mass is 16.6. The van der Waals surface area contributed by atoms with Crippen LogP contribution < -0.4 is 14.8 Å². The first-order valence-corrected chi connectivity index (χ1v) is 5.28. The molecule has 1 atom stereocenters. The minimum Gasteiger partial charge on any atom is -0.484 e. The molecule has 1 aliphatic rings. The van der Waals surface area contributed by atoms with Gasteiger partial charge in [0.05, 0.1) is 0 Å². The number of nitrogens with zero attached hydrogens (tertiary/aromatic N) is 1. The smallest absolute Gasteiger partial charge is 0.199 e. The summed E-state index contributed by atoms with van der Waals surface area (Å²) in [5.74, 6) is 1.61. The van der Waals surface area contributed by atoms with Crippen molar-refractivity contribution in [2.75, 3.05) is 13.7 Å². The highest BCUT2D eigenvalue weighted by Crippen LogP contribution is 2.38. The molecule has 0 N–H and O–H groups in total. The molecular formula is C13H12NO2. The number of ether oxygens (including phenoxy) is 2. The predicted octanol–water partition coefficient (Wildman–Crippen LogP) is 2.17. The molecule has 1 unspecified atom stereocenters. The molecule has 3 heteroatoms. The van der Waals surface area contributed by atoms with Crippen LogP contribution in [-0.2, 0) is 0 Å². The van der Waals surface area contributed by atoms with Gasteiger partial charge in [0.15, 0.2) is 17.7 Å². The van der Waals surface area contributed by atoms with Crippen molar-refractivity contribution in [3.63, 3.8) is 0 Å². The van der Waals surface area contributed by atoms with Crippen LogP contribution in [0.2, 0.25) is 0 Å². The van der Waals surface area contributed by atoms with Crippen molar-refractivity contribution in [1.82, 2.24) is 5.32 Å². The van der Waals surface area contributed by atoms with Crippen LogP contribution in [0.1, 0.15) is 0 Å². The van der Waals surface area contributed by atoms with Gasteiger partial charge >= 0.3 is 0 Å². The average molecular weight is 214 g/mol. The van der Waals surface area contributed by atoms with Crippen molar-refractivity contribution < 1.29 is 9.47 Å². The molecule has 0 saturated carbocycles. The fourth-order valence-electron chi connectivity index (χ4n) is 1.93. The molecule has 1 heterocycles. The highest BCUT2D eigenvalue weighted by Gasteiger charge is 2.21. The van der Waals surface area contributed by atoms with Gasteiger partial charge < -0.3 is 9.47 Å². The van der Waals surface area contributed by atoms with Gasteiger partial charge in [-0.25, -0.2) is 5.32 Å². The fraction of sp³-hybridized carbons (Fsp3) is 0.231. The van der Waals surface area contributed by atoms with E-state index in [1.807, 2.05) is 30.3 Å². The molecule has 0 saturated heterocycles. The summed E-state index contributed by atoms with van der Waals surface area (Å²) < 4.78 is 11.4. The van der Waals surface area contributed by atoms with Crippen molar-refractivity contribution in [3.8, 4) is 11.5 Å². The Hall–Kier alpha value is -1.74. The van der Waals surface area contributed by atoms with Gasteiger partial charge in [0.2, 0.25) is 0 Å². The van der Waals surface area contributed by atoms with Gasteiger partial charge in [0.25, 0.3) is 0 Å². The molecule has 3 nitrogen and oxygen atoms in total. The van der Waals surface area contributed by atoms with Gasteiger partial charge in [-0.15, -0.1) is 0 Å². The third-order valence-electron chi connectivity index (χ3n) is 2.76. The molecule has 2 aromatic rings. The maximum atomic E-state index is 5.72. The third-order valence-corrected chi connectivity index (χ3v) is 2.76. The SMILES string of the molecule is C[N]C1COc2c(ccc3ccccc23)O1. The van der Waals surface area contributed by atoms with E-state index in [4.69, 9.17) is 9.47 Å². The maximum Gasteiger partial charge on any atom is 0.199 e. The van der Waals surface area contributed by atoms with E-state index < -0.39 is 0 Å². The first-order valence-electron chi connectivity index (χ1n) is 5.28. The van der Waals surface area contributed by atoms with Crippen LogP contribution in [-0.4, -0.2) is 19.9 Å². The minimum absolute atomic E-state index is 0.186. The predicted molar refractivity (Wildman–Crippen MR) is 61.9 cm³/mol.